The van der Waals surface area contributed by atoms with Crippen molar-refractivity contribution >= 4 is 17.5 Å². The molecule has 22 heavy (non-hydrogen) atoms. The zero-order valence-corrected chi connectivity index (χ0v) is 13.0. The number of hydrogen-bond donors (Lipinski definition) is 2. The number of hydrogen-bond acceptors (Lipinski definition) is 4. The van der Waals surface area contributed by atoms with Crippen LogP contribution in [0.2, 0.25) is 5.02 Å². The van der Waals surface area contributed by atoms with Gasteiger partial charge in [-0.25, -0.2) is 0 Å². The molecule has 1 aliphatic rings. The van der Waals surface area contributed by atoms with Gasteiger partial charge in [-0.3, -0.25) is 4.79 Å². The summed E-state index contributed by atoms with van der Waals surface area (Å²) in [5.74, 6) is 0.847. The summed E-state index contributed by atoms with van der Waals surface area (Å²) in [5, 5.41) is 17.7. The maximum Gasteiger partial charge on any atom is 0.224 e. The summed E-state index contributed by atoms with van der Waals surface area (Å²) in [7, 11) is 0. The molecule has 1 amide bonds. The fourth-order valence-electron chi connectivity index (χ4n) is 2.74. The van der Waals surface area contributed by atoms with Gasteiger partial charge in [-0.2, -0.15) is 5.21 Å². The van der Waals surface area contributed by atoms with Crippen LogP contribution in [0.3, 0.4) is 0 Å². The Morgan fingerprint density at radius 1 is 1.55 bits per heavy atom. The molecular weight excluding hydrogens is 302 g/mol. The minimum Gasteiger partial charge on any atom is -0.346 e. The van der Waals surface area contributed by atoms with Crippen LogP contribution in [0, 0.1) is 5.92 Å². The van der Waals surface area contributed by atoms with Gasteiger partial charge in [-0.15, -0.1) is 10.2 Å². The average Bonchev–Trinajstić information content (AvgIpc) is 3.13. The number of amides is 1. The molecule has 1 aliphatic carbocycles. The molecule has 7 heteroatoms. The zero-order chi connectivity index (χ0) is 15.5. The van der Waals surface area contributed by atoms with Crippen molar-refractivity contribution in [2.75, 3.05) is 0 Å². The Labute approximate surface area is 133 Å². The highest BCUT2D eigenvalue weighted by molar-refractivity contribution is 6.30. The van der Waals surface area contributed by atoms with E-state index < -0.39 is 0 Å². The largest absolute Gasteiger partial charge is 0.346 e. The number of benzene rings is 1. The van der Waals surface area contributed by atoms with Crippen LogP contribution in [0.5, 0.6) is 0 Å². The lowest BCUT2D eigenvalue weighted by Gasteiger charge is -2.14. The number of halogens is 1. The van der Waals surface area contributed by atoms with Crippen molar-refractivity contribution in [1.82, 2.24) is 25.9 Å². The lowest BCUT2D eigenvalue weighted by Crippen LogP contribution is -2.30. The van der Waals surface area contributed by atoms with E-state index in [0.717, 1.165) is 24.8 Å². The first kappa shape index (κ1) is 15.0. The fraction of sp³-hybridized carbons (Fsp3) is 0.467. The summed E-state index contributed by atoms with van der Waals surface area (Å²) in [4.78, 5) is 12.4. The van der Waals surface area contributed by atoms with Gasteiger partial charge in [0.05, 0.1) is 6.04 Å². The smallest absolute Gasteiger partial charge is 0.224 e. The molecule has 3 atom stereocenters. The minimum absolute atomic E-state index is 0.00437. The SMILES string of the molecule is CCC[C@H](NC(=O)[C@H]1C[C@H]1c1cccc(Cl)c1)c1nn[nH]n1. The Bertz CT molecular complexity index is 645. The van der Waals surface area contributed by atoms with Crippen molar-refractivity contribution in [2.24, 2.45) is 5.92 Å². The molecule has 2 aromatic rings. The first-order chi connectivity index (χ1) is 10.7. The highest BCUT2D eigenvalue weighted by atomic mass is 35.5. The van der Waals surface area contributed by atoms with E-state index in [-0.39, 0.29) is 23.8 Å². The van der Waals surface area contributed by atoms with E-state index in [1.807, 2.05) is 24.3 Å². The molecule has 1 aromatic heterocycles. The molecular formula is C15H18ClN5O. The third-order valence-corrected chi connectivity index (χ3v) is 4.21. The van der Waals surface area contributed by atoms with E-state index in [4.69, 9.17) is 11.6 Å². The third kappa shape index (κ3) is 3.27. The lowest BCUT2D eigenvalue weighted by atomic mass is 10.1. The molecule has 1 fully saturated rings. The van der Waals surface area contributed by atoms with Crippen molar-refractivity contribution in [3.63, 3.8) is 0 Å². The molecule has 0 saturated heterocycles. The molecule has 3 rings (SSSR count). The molecule has 1 heterocycles. The van der Waals surface area contributed by atoms with Crippen molar-refractivity contribution in [3.8, 4) is 0 Å². The first-order valence-electron chi connectivity index (χ1n) is 7.48. The van der Waals surface area contributed by atoms with Crippen LogP contribution >= 0.6 is 11.6 Å². The van der Waals surface area contributed by atoms with Crippen molar-refractivity contribution < 1.29 is 4.79 Å². The number of tetrazole rings is 1. The molecule has 1 saturated carbocycles. The van der Waals surface area contributed by atoms with Gasteiger partial charge < -0.3 is 5.32 Å². The van der Waals surface area contributed by atoms with Gasteiger partial charge in [0.25, 0.3) is 0 Å². The quantitative estimate of drug-likeness (QED) is 0.857. The average molecular weight is 320 g/mol. The van der Waals surface area contributed by atoms with E-state index in [1.165, 1.54) is 0 Å². The van der Waals surface area contributed by atoms with Crippen molar-refractivity contribution in [2.45, 2.75) is 38.1 Å². The molecule has 6 nitrogen and oxygen atoms in total. The molecule has 2 N–H and O–H groups in total. The van der Waals surface area contributed by atoms with E-state index in [9.17, 15) is 4.79 Å². The summed E-state index contributed by atoms with van der Waals surface area (Å²) in [6.07, 6.45) is 2.58. The van der Waals surface area contributed by atoms with Crippen LogP contribution in [-0.4, -0.2) is 26.5 Å². The first-order valence-corrected chi connectivity index (χ1v) is 7.86. The van der Waals surface area contributed by atoms with Crippen LogP contribution in [-0.2, 0) is 4.79 Å². The summed E-state index contributed by atoms with van der Waals surface area (Å²) < 4.78 is 0. The molecule has 0 bridgehead atoms. The van der Waals surface area contributed by atoms with E-state index in [2.05, 4.69) is 32.9 Å². The maximum absolute atomic E-state index is 12.4. The van der Waals surface area contributed by atoms with Gasteiger partial charge in [0.15, 0.2) is 5.82 Å². The van der Waals surface area contributed by atoms with Gasteiger partial charge >= 0.3 is 0 Å². The molecule has 0 spiro atoms. The summed E-state index contributed by atoms with van der Waals surface area (Å²) in [6.45, 7) is 2.06. The number of nitrogens with zero attached hydrogens (tertiary/aromatic N) is 3. The summed E-state index contributed by atoms with van der Waals surface area (Å²) in [5.41, 5.74) is 1.12. The van der Waals surface area contributed by atoms with Crippen molar-refractivity contribution in [3.05, 3.63) is 40.7 Å². The second kappa shape index (κ2) is 6.44. The summed E-state index contributed by atoms with van der Waals surface area (Å²) in [6, 6.07) is 7.53. The van der Waals surface area contributed by atoms with Crippen LogP contribution in [0.25, 0.3) is 0 Å². The standard InChI is InChI=1S/C15H18ClN5O/c1-2-4-13(14-18-20-21-19-14)17-15(22)12-8-11(12)9-5-3-6-10(16)7-9/h3,5-7,11-13H,2,4,8H2,1H3,(H,17,22)(H,18,19,20,21)/t11-,12-,13-/m0/s1. The molecule has 1 aromatic carbocycles. The van der Waals surface area contributed by atoms with Crippen LogP contribution < -0.4 is 5.32 Å². The predicted molar refractivity (Wildman–Crippen MR) is 82.3 cm³/mol. The van der Waals surface area contributed by atoms with E-state index >= 15 is 0 Å². The lowest BCUT2D eigenvalue weighted by molar-refractivity contribution is -0.123. The monoisotopic (exact) mass is 319 g/mol. The molecule has 0 unspecified atom stereocenters. The highest BCUT2D eigenvalue weighted by Crippen LogP contribution is 2.48. The van der Waals surface area contributed by atoms with E-state index in [0.29, 0.717) is 10.8 Å². The fourth-order valence-corrected chi connectivity index (χ4v) is 2.94. The third-order valence-electron chi connectivity index (χ3n) is 3.97. The molecule has 0 aliphatic heterocycles. The van der Waals surface area contributed by atoms with Gasteiger partial charge in [-0.05, 0) is 36.5 Å². The van der Waals surface area contributed by atoms with Crippen LogP contribution in [0.4, 0.5) is 0 Å². The summed E-state index contributed by atoms with van der Waals surface area (Å²) >= 11 is 6.01. The van der Waals surface area contributed by atoms with Crippen molar-refractivity contribution in [1.29, 1.82) is 0 Å². The number of aromatic nitrogens is 4. The number of carbonyl (C=O) groups excluding carboxylic acids is 1. The number of rotatable bonds is 6. The Hall–Kier alpha value is -1.95. The zero-order valence-electron chi connectivity index (χ0n) is 12.3. The predicted octanol–water partition coefficient (Wildman–Crippen LogP) is 2.61. The Morgan fingerprint density at radius 2 is 2.41 bits per heavy atom. The highest BCUT2D eigenvalue weighted by Gasteiger charge is 2.44. The minimum atomic E-state index is -0.183. The molecule has 0 radical (unpaired) electrons. The number of aromatic amines is 1. The molecule has 116 valence electrons. The van der Waals surface area contributed by atoms with Gasteiger partial charge in [0, 0.05) is 10.9 Å². The Balaban J connectivity index is 1.63. The number of nitrogens with one attached hydrogen (secondary N) is 2. The van der Waals surface area contributed by atoms with Gasteiger partial charge in [0.1, 0.15) is 0 Å². The topological polar surface area (TPSA) is 83.6 Å². The van der Waals surface area contributed by atoms with Gasteiger partial charge in [0.2, 0.25) is 5.91 Å². The van der Waals surface area contributed by atoms with E-state index in [1.54, 1.807) is 0 Å². The second-order valence-corrected chi connectivity index (χ2v) is 6.06. The maximum atomic E-state index is 12.4. The van der Waals surface area contributed by atoms with Crippen LogP contribution in [0.15, 0.2) is 24.3 Å². The van der Waals surface area contributed by atoms with Gasteiger partial charge in [-0.1, -0.05) is 42.3 Å². The number of carbonyl (C=O) groups is 1. The Morgan fingerprint density at radius 3 is 3.09 bits per heavy atom. The number of H-pyrrole nitrogens is 1. The van der Waals surface area contributed by atoms with Crippen LogP contribution in [0.1, 0.15) is 49.5 Å². The Kier molecular flexibility index (Phi) is 4.38. The normalized spacial score (nSPS) is 21.4. The second-order valence-electron chi connectivity index (χ2n) is 5.62.